The molecule has 144 valence electrons. The third kappa shape index (κ3) is 2.79. The minimum atomic E-state index is -0.637. The summed E-state index contributed by atoms with van der Waals surface area (Å²) in [5, 5.41) is 18.9. The highest BCUT2D eigenvalue weighted by Gasteiger charge is 2.45. The van der Waals surface area contributed by atoms with Crippen LogP contribution in [0.4, 0.5) is 0 Å². The van der Waals surface area contributed by atoms with Crippen LogP contribution in [0.5, 0.6) is 0 Å². The summed E-state index contributed by atoms with van der Waals surface area (Å²) < 4.78 is 1.92. The van der Waals surface area contributed by atoms with Crippen molar-refractivity contribution >= 4 is 11.0 Å². The van der Waals surface area contributed by atoms with Crippen LogP contribution in [0.15, 0.2) is 55.4 Å². The average molecular weight is 384 g/mol. The Bertz CT molecular complexity index is 1170. The molecule has 2 N–H and O–H groups in total. The summed E-state index contributed by atoms with van der Waals surface area (Å²) in [6.45, 7) is 1.75. The van der Waals surface area contributed by atoms with Crippen molar-refractivity contribution in [2.24, 2.45) is 5.92 Å². The van der Waals surface area contributed by atoms with Gasteiger partial charge in [0.2, 0.25) is 0 Å². The molecule has 4 aromatic heterocycles. The molecule has 8 nitrogen and oxygen atoms in total. The lowest BCUT2D eigenvalue weighted by molar-refractivity contribution is 0.210. The van der Waals surface area contributed by atoms with Crippen molar-refractivity contribution in [2.75, 3.05) is 13.1 Å². The summed E-state index contributed by atoms with van der Waals surface area (Å²) in [6, 6.07) is 10.2. The van der Waals surface area contributed by atoms with Gasteiger partial charge in [-0.3, -0.25) is 9.67 Å². The summed E-state index contributed by atoms with van der Waals surface area (Å²) in [6.07, 6.45) is 10.2. The second kappa shape index (κ2) is 7.11. The Labute approximate surface area is 167 Å². The third-order valence-corrected chi connectivity index (χ3v) is 5.81. The van der Waals surface area contributed by atoms with Gasteiger partial charge in [0.1, 0.15) is 17.5 Å². The predicted octanol–water partition coefficient (Wildman–Crippen LogP) is 2.48. The number of pyridine rings is 1. The summed E-state index contributed by atoms with van der Waals surface area (Å²) >= 11 is 0. The summed E-state index contributed by atoms with van der Waals surface area (Å²) in [5.74, 6) is 0.211. The number of aromatic amines is 1. The number of nitrogens with zero attached hydrogens (tertiary/aromatic N) is 6. The van der Waals surface area contributed by atoms with Gasteiger partial charge in [-0.1, -0.05) is 6.07 Å². The van der Waals surface area contributed by atoms with E-state index in [1.807, 2.05) is 47.5 Å². The predicted molar refractivity (Wildman–Crippen MR) is 108 cm³/mol. The molecule has 2 unspecified atom stereocenters. The normalized spacial score (nSPS) is 18.5. The highest BCUT2D eigenvalue weighted by molar-refractivity contribution is 5.90. The van der Waals surface area contributed by atoms with Crippen molar-refractivity contribution in [3.05, 3.63) is 61.1 Å². The molecule has 8 heteroatoms. The maximum absolute atomic E-state index is 9.76. The lowest BCUT2D eigenvalue weighted by Gasteiger charge is -2.37. The Kier molecular flexibility index (Phi) is 4.30. The molecule has 1 aliphatic rings. The zero-order chi connectivity index (χ0) is 19.7. The van der Waals surface area contributed by atoms with E-state index >= 15 is 0 Å². The van der Waals surface area contributed by atoms with Crippen LogP contribution in [0.2, 0.25) is 0 Å². The van der Waals surface area contributed by atoms with Gasteiger partial charge in [0, 0.05) is 42.0 Å². The van der Waals surface area contributed by atoms with Gasteiger partial charge in [-0.05, 0) is 31.2 Å². The van der Waals surface area contributed by atoms with E-state index < -0.39 is 5.54 Å². The third-order valence-electron chi connectivity index (χ3n) is 5.81. The van der Waals surface area contributed by atoms with Gasteiger partial charge in [-0.2, -0.15) is 10.4 Å². The number of nitrogens with one attached hydrogen (secondary N) is 2. The van der Waals surface area contributed by atoms with Crippen molar-refractivity contribution in [1.82, 2.24) is 35.0 Å². The van der Waals surface area contributed by atoms with Gasteiger partial charge in [-0.25, -0.2) is 9.97 Å². The average Bonchev–Trinajstić information content (AvgIpc) is 3.54. The molecule has 4 aromatic rings. The molecular weight excluding hydrogens is 364 g/mol. The van der Waals surface area contributed by atoms with E-state index in [1.165, 1.54) is 0 Å². The molecule has 1 saturated heterocycles. The zero-order valence-corrected chi connectivity index (χ0v) is 15.8. The van der Waals surface area contributed by atoms with Crippen molar-refractivity contribution < 1.29 is 0 Å². The number of H-pyrrole nitrogens is 1. The molecular formula is C21H20N8. The first-order chi connectivity index (χ1) is 14.3. The largest absolute Gasteiger partial charge is 0.346 e. The van der Waals surface area contributed by atoms with Gasteiger partial charge in [0.25, 0.3) is 0 Å². The van der Waals surface area contributed by atoms with Gasteiger partial charge in [0.15, 0.2) is 0 Å². The van der Waals surface area contributed by atoms with Gasteiger partial charge >= 0.3 is 0 Å². The van der Waals surface area contributed by atoms with Gasteiger partial charge in [-0.15, -0.1) is 0 Å². The molecule has 0 aliphatic carbocycles. The lowest BCUT2D eigenvalue weighted by atomic mass is 9.77. The van der Waals surface area contributed by atoms with E-state index in [2.05, 4.69) is 31.3 Å². The van der Waals surface area contributed by atoms with Crippen molar-refractivity contribution in [2.45, 2.75) is 18.4 Å². The molecule has 0 aromatic carbocycles. The Morgan fingerprint density at radius 2 is 2.21 bits per heavy atom. The standard InChI is InChI=1S/C21H20N8/c22-7-6-21(16-4-9-23-12-16,18-3-1-2-8-24-18)29-13-15(11-28-29)19-17-5-10-25-20(17)27-14-26-19/h1-3,5,8,10-11,13-14,16,23H,4,6,9,12H2,(H,25,26,27). The molecule has 0 amide bonds. The van der Waals surface area contributed by atoms with E-state index in [0.29, 0.717) is 6.42 Å². The van der Waals surface area contributed by atoms with Gasteiger partial charge in [0.05, 0.1) is 30.1 Å². The minimum absolute atomic E-state index is 0.211. The fourth-order valence-electron chi connectivity index (χ4n) is 4.40. The molecule has 29 heavy (non-hydrogen) atoms. The zero-order valence-electron chi connectivity index (χ0n) is 15.8. The number of rotatable bonds is 5. The van der Waals surface area contributed by atoms with E-state index in [1.54, 1.807) is 12.5 Å². The van der Waals surface area contributed by atoms with Gasteiger partial charge < -0.3 is 10.3 Å². The number of hydrogen-bond donors (Lipinski definition) is 2. The van der Waals surface area contributed by atoms with Crippen LogP contribution in [0.1, 0.15) is 18.5 Å². The number of nitriles is 1. The molecule has 1 aliphatic heterocycles. The number of aromatic nitrogens is 6. The van der Waals surface area contributed by atoms with E-state index in [9.17, 15) is 5.26 Å². The van der Waals surface area contributed by atoms with Crippen LogP contribution < -0.4 is 5.32 Å². The van der Waals surface area contributed by atoms with Crippen LogP contribution in [-0.4, -0.2) is 42.8 Å². The van der Waals surface area contributed by atoms with E-state index in [-0.39, 0.29) is 5.92 Å². The molecule has 2 atom stereocenters. The Balaban J connectivity index is 1.68. The maximum Gasteiger partial charge on any atom is 0.141 e. The van der Waals surface area contributed by atoms with Crippen LogP contribution in [0.3, 0.4) is 0 Å². The highest BCUT2D eigenvalue weighted by Crippen LogP contribution is 2.40. The van der Waals surface area contributed by atoms with Crippen LogP contribution in [0, 0.1) is 17.2 Å². The highest BCUT2D eigenvalue weighted by atomic mass is 15.3. The van der Waals surface area contributed by atoms with Crippen LogP contribution in [-0.2, 0) is 5.54 Å². The first kappa shape index (κ1) is 17.5. The SMILES string of the molecule is N#CCC(c1ccccn1)(C1CCNC1)n1cc(-c2ncnc3[nH]ccc23)cn1. The monoisotopic (exact) mass is 384 g/mol. The topological polar surface area (TPSA) is 108 Å². The minimum Gasteiger partial charge on any atom is -0.346 e. The Morgan fingerprint density at radius 1 is 1.24 bits per heavy atom. The fourth-order valence-corrected chi connectivity index (χ4v) is 4.40. The smallest absolute Gasteiger partial charge is 0.141 e. The van der Waals surface area contributed by atoms with Crippen molar-refractivity contribution in [3.63, 3.8) is 0 Å². The first-order valence-electron chi connectivity index (χ1n) is 9.66. The number of hydrogen-bond acceptors (Lipinski definition) is 6. The van der Waals surface area contributed by atoms with Crippen molar-refractivity contribution in [1.29, 1.82) is 5.26 Å². The van der Waals surface area contributed by atoms with E-state index in [0.717, 1.165) is 47.5 Å². The lowest BCUT2D eigenvalue weighted by Crippen LogP contribution is -2.44. The summed E-state index contributed by atoms with van der Waals surface area (Å²) in [5.41, 5.74) is 2.72. The quantitative estimate of drug-likeness (QED) is 0.547. The first-order valence-corrected chi connectivity index (χ1v) is 9.66. The summed E-state index contributed by atoms with van der Waals surface area (Å²) in [7, 11) is 0. The van der Waals surface area contributed by atoms with Crippen LogP contribution >= 0.6 is 0 Å². The molecule has 5 heterocycles. The maximum atomic E-state index is 9.76. The molecule has 0 spiro atoms. The molecule has 1 fully saturated rings. The number of fused-ring (bicyclic) bond motifs is 1. The second-order valence-electron chi connectivity index (χ2n) is 7.30. The fraction of sp³-hybridized carbons (Fsp3) is 0.286. The Morgan fingerprint density at radius 3 is 3.00 bits per heavy atom. The second-order valence-corrected chi connectivity index (χ2v) is 7.30. The van der Waals surface area contributed by atoms with Crippen LogP contribution in [0.25, 0.3) is 22.3 Å². The summed E-state index contributed by atoms with van der Waals surface area (Å²) in [4.78, 5) is 16.5. The molecule has 0 radical (unpaired) electrons. The Hall–Kier alpha value is -3.57. The van der Waals surface area contributed by atoms with Crippen molar-refractivity contribution in [3.8, 4) is 17.3 Å². The molecule has 0 saturated carbocycles. The molecule has 5 rings (SSSR count). The van der Waals surface area contributed by atoms with E-state index in [4.69, 9.17) is 5.10 Å². The molecule has 0 bridgehead atoms.